The van der Waals surface area contributed by atoms with Crippen LogP contribution in [0.1, 0.15) is 56.3 Å². The molecule has 7 nitrogen and oxygen atoms in total. The van der Waals surface area contributed by atoms with Crippen LogP contribution in [0.15, 0.2) is 49.2 Å². The number of fused-ring (bicyclic) bond motifs is 4. The summed E-state index contributed by atoms with van der Waals surface area (Å²) < 4.78 is 57.6. The molecule has 2 aliphatic carbocycles. The zero-order chi connectivity index (χ0) is 26.1. The summed E-state index contributed by atoms with van der Waals surface area (Å²) in [5, 5.41) is -0.205. The van der Waals surface area contributed by atoms with Crippen LogP contribution in [0.3, 0.4) is 0 Å². The first-order valence-corrected chi connectivity index (χ1v) is 16.8. The Labute approximate surface area is 221 Å². The van der Waals surface area contributed by atoms with Gasteiger partial charge in [-0.3, -0.25) is 4.98 Å². The Balaban J connectivity index is 1.49. The Morgan fingerprint density at radius 2 is 1.92 bits per heavy atom. The van der Waals surface area contributed by atoms with E-state index in [4.69, 9.17) is 0 Å². The van der Waals surface area contributed by atoms with Gasteiger partial charge in [-0.25, -0.2) is 16.8 Å². The molecule has 0 spiro atoms. The number of benzene rings is 1. The van der Waals surface area contributed by atoms with E-state index in [0.717, 1.165) is 69.1 Å². The van der Waals surface area contributed by atoms with Crippen molar-refractivity contribution in [2.45, 2.75) is 56.7 Å². The normalized spacial score (nSPS) is 31.8. The highest BCUT2D eigenvalue weighted by Gasteiger charge is 2.60. The average Bonchev–Trinajstić information content (AvgIpc) is 3.78. The fourth-order valence-corrected chi connectivity index (χ4v) is 11.7. The minimum Gasteiger partial charge on any atom is -0.319 e. The third kappa shape index (κ3) is 4.88. The second-order valence-corrected chi connectivity index (χ2v) is 16.4. The number of nitrogens with one attached hydrogen (secondary N) is 1. The van der Waals surface area contributed by atoms with Gasteiger partial charge < -0.3 is 4.48 Å². The van der Waals surface area contributed by atoms with Gasteiger partial charge in [0.25, 0.3) is 0 Å². The minimum absolute atomic E-state index is 0.0592. The molecule has 1 aromatic carbocycles. The maximum Gasteiger partial charge on any atom is 0.237 e. The van der Waals surface area contributed by atoms with Gasteiger partial charge in [-0.15, -0.1) is 10.7 Å². The third-order valence-electron chi connectivity index (χ3n) is 9.54. The van der Waals surface area contributed by atoms with Crippen molar-refractivity contribution in [1.29, 1.82) is 0 Å². The van der Waals surface area contributed by atoms with Crippen LogP contribution in [0.2, 0.25) is 0 Å². The molecule has 2 aromatic rings. The van der Waals surface area contributed by atoms with Crippen LogP contribution in [0.25, 0.3) is 10.9 Å². The number of quaternary nitrogens is 1. The molecule has 4 heterocycles. The number of para-hydroxylation sites is 1. The SMILES string of the molecule is C=CC1C[N+]2(CC3(C)CC3)CCC1CC2C(c1ccnc2ccccc12)S(=O)(=O)NS(=O)(=O)CC1CC1. The number of rotatable bonds is 10. The van der Waals surface area contributed by atoms with Gasteiger partial charge in [0, 0.05) is 35.8 Å². The number of nitrogens with zero attached hydrogens (tertiary/aromatic N) is 2. The summed E-state index contributed by atoms with van der Waals surface area (Å²) in [5.41, 5.74) is 1.60. The predicted octanol–water partition coefficient (Wildman–Crippen LogP) is 4.15. The molecule has 0 amide bonds. The third-order valence-corrected chi connectivity index (χ3v) is 13.6. The summed E-state index contributed by atoms with van der Waals surface area (Å²) in [7, 11) is -8.24. The lowest BCUT2D eigenvalue weighted by molar-refractivity contribution is -0.973. The van der Waals surface area contributed by atoms with Gasteiger partial charge >= 0.3 is 0 Å². The van der Waals surface area contributed by atoms with Crippen molar-refractivity contribution in [3.8, 4) is 0 Å². The van der Waals surface area contributed by atoms with Crippen LogP contribution in [-0.4, -0.2) is 57.7 Å². The molecule has 7 rings (SSSR count). The van der Waals surface area contributed by atoms with Crippen molar-refractivity contribution >= 4 is 30.9 Å². The summed E-state index contributed by atoms with van der Waals surface area (Å²) in [6, 6.07) is 9.15. The number of piperidine rings is 3. The number of hydrogen-bond acceptors (Lipinski definition) is 5. The molecular weight excluding hydrogens is 506 g/mol. The van der Waals surface area contributed by atoms with Crippen LogP contribution in [0.4, 0.5) is 0 Å². The Morgan fingerprint density at radius 3 is 2.62 bits per heavy atom. The fourth-order valence-electron chi connectivity index (χ4n) is 7.30. The van der Waals surface area contributed by atoms with Crippen molar-refractivity contribution in [1.82, 2.24) is 9.11 Å². The quantitative estimate of drug-likeness (QED) is 0.358. The Morgan fingerprint density at radius 1 is 1.16 bits per heavy atom. The number of hydrogen-bond donors (Lipinski definition) is 1. The summed E-state index contributed by atoms with van der Waals surface area (Å²) in [5.74, 6) is 0.656. The van der Waals surface area contributed by atoms with Crippen LogP contribution in [-0.2, 0) is 20.0 Å². The monoisotopic (exact) mass is 544 g/mol. The van der Waals surface area contributed by atoms with E-state index < -0.39 is 25.3 Å². The van der Waals surface area contributed by atoms with Crippen molar-refractivity contribution < 1.29 is 21.3 Å². The maximum absolute atomic E-state index is 14.3. The maximum atomic E-state index is 14.3. The van der Waals surface area contributed by atoms with E-state index in [1.807, 2.05) is 24.3 Å². The molecule has 1 aromatic heterocycles. The van der Waals surface area contributed by atoms with E-state index in [2.05, 4.69) is 28.7 Å². The minimum atomic E-state index is -4.27. The smallest absolute Gasteiger partial charge is 0.237 e. The first-order chi connectivity index (χ1) is 17.5. The molecular formula is C28H38N3O4S2+. The largest absolute Gasteiger partial charge is 0.319 e. The molecule has 3 aliphatic heterocycles. The molecule has 5 unspecified atom stereocenters. The van der Waals surface area contributed by atoms with E-state index in [9.17, 15) is 16.8 Å². The molecule has 37 heavy (non-hydrogen) atoms. The Hall–Kier alpha value is -1.81. The van der Waals surface area contributed by atoms with Crippen LogP contribution in [0.5, 0.6) is 0 Å². The van der Waals surface area contributed by atoms with E-state index >= 15 is 0 Å². The zero-order valence-electron chi connectivity index (χ0n) is 21.6. The standard InChI is InChI=1S/C28H38N3O4S2/c1-3-21-17-31(19-28(2)12-13-28)15-11-22(21)16-26(31)27(24-10-14-29-25-7-5-4-6-23(24)25)37(34,35)30-36(32,33)18-20-8-9-20/h3-7,10,14,20-22,26-27,30H,1,8-9,11-13,15-19H2,2H3/q+1. The summed E-state index contributed by atoms with van der Waals surface area (Å²) in [6.07, 6.45) is 9.52. The molecule has 9 heteroatoms. The molecule has 2 saturated carbocycles. The summed E-state index contributed by atoms with van der Waals surface area (Å²) in [4.78, 5) is 4.48. The van der Waals surface area contributed by atoms with E-state index in [1.54, 1.807) is 12.3 Å². The van der Waals surface area contributed by atoms with Crippen LogP contribution >= 0.6 is 0 Å². The van der Waals surface area contributed by atoms with Crippen LogP contribution < -0.4 is 4.13 Å². The second-order valence-electron chi connectivity index (χ2n) is 12.5. The van der Waals surface area contributed by atoms with Crippen molar-refractivity contribution in [3.05, 3.63) is 54.7 Å². The first kappa shape index (κ1) is 25.5. The topological polar surface area (TPSA) is 93.2 Å². The highest BCUT2D eigenvalue weighted by atomic mass is 32.3. The van der Waals surface area contributed by atoms with E-state index in [0.29, 0.717) is 21.9 Å². The van der Waals surface area contributed by atoms with Gasteiger partial charge in [0.1, 0.15) is 6.04 Å². The number of aromatic nitrogens is 1. The molecule has 1 N–H and O–H groups in total. The Kier molecular flexibility index (Phi) is 6.10. The van der Waals surface area contributed by atoms with Crippen LogP contribution in [0, 0.1) is 23.2 Å². The second kappa shape index (κ2) is 8.86. The predicted molar refractivity (Wildman–Crippen MR) is 145 cm³/mol. The lowest BCUT2D eigenvalue weighted by atomic mass is 9.71. The van der Waals surface area contributed by atoms with Crippen molar-refractivity contribution in [2.24, 2.45) is 23.2 Å². The van der Waals surface area contributed by atoms with Gasteiger partial charge in [0.2, 0.25) is 20.0 Å². The molecule has 0 radical (unpaired) electrons. The summed E-state index contributed by atoms with van der Waals surface area (Å²) >= 11 is 0. The van der Waals surface area contributed by atoms with Crippen molar-refractivity contribution in [2.75, 3.05) is 25.4 Å². The lowest BCUT2D eigenvalue weighted by Gasteiger charge is -2.59. The molecule has 5 fully saturated rings. The number of sulfonamides is 2. The summed E-state index contributed by atoms with van der Waals surface area (Å²) in [6.45, 7) is 9.16. The molecule has 3 saturated heterocycles. The van der Waals surface area contributed by atoms with Gasteiger partial charge in [0.15, 0.2) is 5.25 Å². The Bertz CT molecular complexity index is 1430. The van der Waals surface area contributed by atoms with Crippen molar-refractivity contribution in [3.63, 3.8) is 0 Å². The van der Waals surface area contributed by atoms with Gasteiger partial charge in [0.05, 0.1) is 30.9 Å². The fraction of sp³-hybridized carbons (Fsp3) is 0.607. The molecule has 5 atom stereocenters. The first-order valence-electron chi connectivity index (χ1n) is 13.6. The lowest BCUT2D eigenvalue weighted by Crippen LogP contribution is -2.70. The van der Waals surface area contributed by atoms with Gasteiger partial charge in [-0.2, -0.15) is 0 Å². The highest BCUT2D eigenvalue weighted by molar-refractivity contribution is 8.04. The average molecular weight is 545 g/mol. The van der Waals surface area contributed by atoms with E-state index in [-0.39, 0.29) is 23.1 Å². The zero-order valence-corrected chi connectivity index (χ0v) is 23.2. The highest BCUT2D eigenvalue weighted by Crippen LogP contribution is 2.54. The van der Waals surface area contributed by atoms with Gasteiger partial charge in [-0.05, 0) is 55.2 Å². The molecule has 2 bridgehead atoms. The number of pyridine rings is 1. The molecule has 200 valence electrons. The van der Waals surface area contributed by atoms with E-state index in [1.165, 1.54) is 0 Å². The molecule has 5 aliphatic rings. The van der Waals surface area contributed by atoms with Gasteiger partial charge in [-0.1, -0.05) is 31.2 Å².